The van der Waals surface area contributed by atoms with Gasteiger partial charge in [-0.05, 0) is 47.5 Å². The number of halogens is 1. The van der Waals surface area contributed by atoms with E-state index < -0.39 is 0 Å². The first-order chi connectivity index (χ1) is 11.5. The second-order valence-electron chi connectivity index (χ2n) is 5.62. The maximum Gasteiger partial charge on any atom is 0.287 e. The number of nitrogens with zero attached hydrogens (tertiary/aromatic N) is 1. The lowest BCUT2D eigenvalue weighted by atomic mass is 10.2. The molecule has 124 valence electrons. The van der Waals surface area contributed by atoms with E-state index >= 15 is 0 Å². The van der Waals surface area contributed by atoms with Crippen LogP contribution in [-0.4, -0.2) is 17.0 Å². The predicted molar refractivity (Wildman–Crippen MR) is 95.1 cm³/mol. The van der Waals surface area contributed by atoms with Crippen LogP contribution in [0.4, 0.5) is 0 Å². The minimum Gasteiger partial charge on any atom is -0.475 e. The number of hydrogen-bond acceptors (Lipinski definition) is 4. The van der Waals surface area contributed by atoms with Gasteiger partial charge in [0.25, 0.3) is 5.91 Å². The fourth-order valence-corrected chi connectivity index (χ4v) is 2.70. The number of rotatable bonds is 5. The van der Waals surface area contributed by atoms with Crippen molar-refractivity contribution in [1.82, 2.24) is 10.3 Å². The average molecular weight is 389 g/mol. The van der Waals surface area contributed by atoms with Crippen LogP contribution in [0, 0.1) is 0 Å². The van der Waals surface area contributed by atoms with Gasteiger partial charge in [-0.25, -0.2) is 4.98 Å². The van der Waals surface area contributed by atoms with Gasteiger partial charge in [0.2, 0.25) is 5.88 Å². The molecular formula is C18H17BrN2O3. The van der Waals surface area contributed by atoms with E-state index in [-0.39, 0.29) is 17.8 Å². The van der Waals surface area contributed by atoms with Crippen molar-refractivity contribution in [2.75, 3.05) is 0 Å². The van der Waals surface area contributed by atoms with Crippen molar-refractivity contribution in [3.63, 3.8) is 0 Å². The van der Waals surface area contributed by atoms with Crippen LogP contribution >= 0.6 is 15.9 Å². The molecule has 0 atom stereocenters. The number of pyridine rings is 1. The van der Waals surface area contributed by atoms with E-state index in [1.54, 1.807) is 18.3 Å². The fourth-order valence-electron chi connectivity index (χ4n) is 2.24. The Hall–Kier alpha value is -2.34. The lowest BCUT2D eigenvalue weighted by Gasteiger charge is -2.09. The van der Waals surface area contributed by atoms with Crippen LogP contribution < -0.4 is 10.1 Å². The standard InChI is InChI=1S/C18H17BrN2O3/c1-11(2)23-16-7-6-12(9-20-16)10-21-18(22)15-8-13-4-3-5-14(19)17(13)24-15/h3-9,11H,10H2,1-2H3,(H,21,22). The zero-order chi connectivity index (χ0) is 17.1. The number of para-hydroxylation sites is 1. The molecule has 0 aliphatic carbocycles. The second-order valence-corrected chi connectivity index (χ2v) is 6.48. The first-order valence-electron chi connectivity index (χ1n) is 7.61. The Bertz CT molecular complexity index is 856. The highest BCUT2D eigenvalue weighted by atomic mass is 79.9. The number of carbonyl (C=O) groups excluding carboxylic acids is 1. The van der Waals surface area contributed by atoms with Gasteiger partial charge in [0.15, 0.2) is 5.76 Å². The molecule has 0 saturated carbocycles. The molecule has 1 amide bonds. The summed E-state index contributed by atoms with van der Waals surface area (Å²) in [6.07, 6.45) is 1.77. The summed E-state index contributed by atoms with van der Waals surface area (Å²) in [5.74, 6) is 0.590. The molecule has 0 spiro atoms. The van der Waals surface area contributed by atoms with Gasteiger partial charge in [0.05, 0.1) is 10.6 Å². The van der Waals surface area contributed by atoms with Gasteiger partial charge < -0.3 is 14.5 Å². The Morgan fingerprint density at radius 3 is 2.83 bits per heavy atom. The molecule has 2 heterocycles. The summed E-state index contributed by atoms with van der Waals surface area (Å²) in [6.45, 7) is 4.26. The first kappa shape index (κ1) is 16.5. The highest BCUT2D eigenvalue weighted by Gasteiger charge is 2.13. The number of benzene rings is 1. The monoisotopic (exact) mass is 388 g/mol. The van der Waals surface area contributed by atoms with Gasteiger partial charge in [0, 0.05) is 24.2 Å². The molecule has 0 saturated heterocycles. The van der Waals surface area contributed by atoms with E-state index in [4.69, 9.17) is 9.15 Å². The number of ether oxygens (including phenoxy) is 1. The summed E-state index contributed by atoms with van der Waals surface area (Å²) in [4.78, 5) is 16.5. The number of hydrogen-bond donors (Lipinski definition) is 1. The molecule has 6 heteroatoms. The Balaban J connectivity index is 1.65. The maximum atomic E-state index is 12.2. The molecule has 1 aromatic carbocycles. The largest absolute Gasteiger partial charge is 0.475 e. The molecule has 0 aliphatic rings. The van der Waals surface area contributed by atoms with Gasteiger partial charge >= 0.3 is 0 Å². The number of fused-ring (bicyclic) bond motifs is 1. The van der Waals surface area contributed by atoms with Crippen molar-refractivity contribution >= 4 is 32.8 Å². The highest BCUT2D eigenvalue weighted by molar-refractivity contribution is 9.10. The second kappa shape index (κ2) is 7.05. The van der Waals surface area contributed by atoms with E-state index in [1.165, 1.54) is 0 Å². The average Bonchev–Trinajstić information content (AvgIpc) is 2.99. The summed E-state index contributed by atoms with van der Waals surface area (Å²) in [5, 5.41) is 3.71. The third kappa shape index (κ3) is 3.76. The molecule has 24 heavy (non-hydrogen) atoms. The van der Waals surface area contributed by atoms with Crippen molar-refractivity contribution in [1.29, 1.82) is 0 Å². The minimum absolute atomic E-state index is 0.0791. The molecule has 3 rings (SSSR count). The third-order valence-corrected chi connectivity index (χ3v) is 3.95. The van der Waals surface area contributed by atoms with Gasteiger partial charge in [-0.2, -0.15) is 0 Å². The molecule has 0 bridgehead atoms. The number of carbonyl (C=O) groups is 1. The molecule has 2 aromatic heterocycles. The van der Waals surface area contributed by atoms with Gasteiger partial charge in [0.1, 0.15) is 5.58 Å². The van der Waals surface area contributed by atoms with Crippen LogP contribution in [0.3, 0.4) is 0 Å². The molecule has 0 radical (unpaired) electrons. The summed E-state index contributed by atoms with van der Waals surface area (Å²) >= 11 is 3.41. The van der Waals surface area contributed by atoms with E-state index in [2.05, 4.69) is 26.2 Å². The Morgan fingerprint density at radius 1 is 1.33 bits per heavy atom. The summed E-state index contributed by atoms with van der Waals surface area (Å²) in [7, 11) is 0. The van der Waals surface area contributed by atoms with Crippen LogP contribution in [0.5, 0.6) is 5.88 Å². The maximum absolute atomic E-state index is 12.2. The summed E-state index contributed by atoms with van der Waals surface area (Å²) in [5.41, 5.74) is 1.55. The summed E-state index contributed by atoms with van der Waals surface area (Å²) < 4.78 is 11.9. The molecule has 0 fully saturated rings. The molecule has 3 aromatic rings. The molecule has 0 unspecified atom stereocenters. The summed E-state index contributed by atoms with van der Waals surface area (Å²) in [6, 6.07) is 11.1. The van der Waals surface area contributed by atoms with Crippen LogP contribution in [0.25, 0.3) is 11.0 Å². The van der Waals surface area contributed by atoms with Crippen molar-refractivity contribution in [2.45, 2.75) is 26.5 Å². The predicted octanol–water partition coefficient (Wildman–Crippen LogP) is 4.31. The lowest BCUT2D eigenvalue weighted by Crippen LogP contribution is -2.22. The minimum atomic E-state index is -0.263. The van der Waals surface area contributed by atoms with Crippen LogP contribution in [0.1, 0.15) is 30.0 Å². The zero-order valence-electron chi connectivity index (χ0n) is 13.4. The van der Waals surface area contributed by atoms with E-state index in [0.29, 0.717) is 18.0 Å². The molecular weight excluding hydrogens is 372 g/mol. The number of nitrogens with one attached hydrogen (secondary N) is 1. The van der Waals surface area contributed by atoms with Crippen molar-refractivity contribution in [2.24, 2.45) is 0 Å². The molecule has 5 nitrogen and oxygen atoms in total. The fraction of sp³-hybridized carbons (Fsp3) is 0.222. The normalized spacial score (nSPS) is 11.0. The van der Waals surface area contributed by atoms with Crippen LogP contribution in [-0.2, 0) is 6.54 Å². The highest BCUT2D eigenvalue weighted by Crippen LogP contribution is 2.26. The van der Waals surface area contributed by atoms with E-state index in [1.807, 2.05) is 38.1 Å². The third-order valence-electron chi connectivity index (χ3n) is 3.33. The quantitative estimate of drug-likeness (QED) is 0.707. The zero-order valence-corrected chi connectivity index (χ0v) is 15.0. The SMILES string of the molecule is CC(C)Oc1ccc(CNC(=O)c2cc3cccc(Br)c3o2)cn1. The van der Waals surface area contributed by atoms with E-state index in [9.17, 15) is 4.79 Å². The molecule has 1 N–H and O–H groups in total. The Labute approximate surface area is 148 Å². The smallest absolute Gasteiger partial charge is 0.287 e. The van der Waals surface area contributed by atoms with Gasteiger partial charge in [-0.1, -0.05) is 18.2 Å². The topological polar surface area (TPSA) is 64.4 Å². The Kier molecular flexibility index (Phi) is 4.85. The van der Waals surface area contributed by atoms with Crippen LogP contribution in [0.2, 0.25) is 0 Å². The first-order valence-corrected chi connectivity index (χ1v) is 8.40. The molecule has 0 aliphatic heterocycles. The van der Waals surface area contributed by atoms with Crippen molar-refractivity contribution < 1.29 is 13.9 Å². The van der Waals surface area contributed by atoms with Gasteiger partial charge in [-0.15, -0.1) is 0 Å². The number of furan rings is 1. The van der Waals surface area contributed by atoms with E-state index in [0.717, 1.165) is 15.4 Å². The van der Waals surface area contributed by atoms with Crippen molar-refractivity contribution in [3.8, 4) is 5.88 Å². The lowest BCUT2D eigenvalue weighted by molar-refractivity contribution is 0.0925. The van der Waals surface area contributed by atoms with Crippen LogP contribution in [0.15, 0.2) is 51.5 Å². The Morgan fingerprint density at radius 2 is 2.17 bits per heavy atom. The number of aromatic nitrogens is 1. The van der Waals surface area contributed by atoms with Gasteiger partial charge in [-0.3, -0.25) is 4.79 Å². The number of amides is 1. The van der Waals surface area contributed by atoms with Crippen molar-refractivity contribution in [3.05, 3.63) is 58.4 Å².